The predicted molar refractivity (Wildman–Crippen MR) is 132 cm³/mol. The van der Waals surface area contributed by atoms with Gasteiger partial charge in [-0.15, -0.1) is 0 Å². The molecule has 0 saturated heterocycles. The van der Waals surface area contributed by atoms with Gasteiger partial charge in [0.15, 0.2) is 0 Å². The van der Waals surface area contributed by atoms with Gasteiger partial charge in [0.05, 0.1) is 11.1 Å². The second-order valence-electron chi connectivity index (χ2n) is 9.00. The van der Waals surface area contributed by atoms with E-state index in [1.165, 1.54) is 18.5 Å². The maximum atomic E-state index is 14.1. The number of aromatic nitrogens is 3. The number of alkyl halides is 7. The van der Waals surface area contributed by atoms with Crippen LogP contribution >= 0.6 is 0 Å². The lowest BCUT2D eigenvalue weighted by Crippen LogP contribution is -2.50. The number of amides is 2. The highest BCUT2D eigenvalue weighted by molar-refractivity contribution is 6.02. The van der Waals surface area contributed by atoms with E-state index < -0.39 is 41.1 Å². The number of halogens is 8. The average molecular weight is 572 g/mol. The second-order valence-corrected chi connectivity index (χ2v) is 9.00. The van der Waals surface area contributed by atoms with Gasteiger partial charge in [-0.2, -0.15) is 30.7 Å². The normalized spacial score (nSPS) is 12.7. The van der Waals surface area contributed by atoms with Gasteiger partial charge in [-0.1, -0.05) is 12.1 Å². The fourth-order valence-corrected chi connectivity index (χ4v) is 3.91. The summed E-state index contributed by atoms with van der Waals surface area (Å²) in [4.78, 5) is 20.7. The van der Waals surface area contributed by atoms with Gasteiger partial charge in [0.1, 0.15) is 23.6 Å². The molecule has 4 aromatic rings. The van der Waals surface area contributed by atoms with E-state index in [1.807, 2.05) is 29.9 Å². The molecular weight excluding hydrogens is 552 g/mol. The van der Waals surface area contributed by atoms with Gasteiger partial charge in [0.25, 0.3) is 0 Å². The van der Waals surface area contributed by atoms with Crippen LogP contribution in [-0.2, 0) is 5.92 Å². The van der Waals surface area contributed by atoms with Crippen LogP contribution in [0.3, 0.4) is 0 Å². The highest BCUT2D eigenvalue weighted by Crippen LogP contribution is 2.52. The number of hydrogen-bond donors (Lipinski definition) is 3. The van der Waals surface area contributed by atoms with Crippen LogP contribution in [-0.4, -0.2) is 32.7 Å². The number of carbonyl (C=O) groups is 1. The Morgan fingerprint density at radius 3 is 2.20 bits per heavy atom. The van der Waals surface area contributed by atoms with Gasteiger partial charge in [-0.05, 0) is 49.7 Å². The van der Waals surface area contributed by atoms with Crippen LogP contribution in [0.1, 0.15) is 25.5 Å². The summed E-state index contributed by atoms with van der Waals surface area (Å²) in [5.74, 6) is -13.3. The van der Waals surface area contributed by atoms with E-state index in [2.05, 4.69) is 15.3 Å². The Bertz CT molecular complexity index is 1560. The lowest BCUT2D eigenvalue weighted by Gasteiger charge is -2.28. The monoisotopic (exact) mass is 572 g/mol. The number of urea groups is 1. The van der Waals surface area contributed by atoms with Crippen molar-refractivity contribution in [1.29, 1.82) is 0 Å². The fourth-order valence-electron chi connectivity index (χ4n) is 3.91. The van der Waals surface area contributed by atoms with E-state index in [9.17, 15) is 39.9 Å². The second kappa shape index (κ2) is 9.95. The quantitative estimate of drug-likeness (QED) is 0.211. The van der Waals surface area contributed by atoms with Crippen LogP contribution in [0.15, 0.2) is 55.0 Å². The van der Waals surface area contributed by atoms with Gasteiger partial charge in [0, 0.05) is 29.1 Å². The molecule has 0 saturated carbocycles. The Kier molecular flexibility index (Phi) is 7.11. The summed E-state index contributed by atoms with van der Waals surface area (Å²) in [5.41, 5.74) is 5.32. The third-order valence-electron chi connectivity index (χ3n) is 5.98. The van der Waals surface area contributed by atoms with E-state index in [-0.39, 0.29) is 35.7 Å². The zero-order valence-electron chi connectivity index (χ0n) is 20.6. The van der Waals surface area contributed by atoms with E-state index in [0.717, 1.165) is 0 Å². The SMILES string of the molecule is CC(C)n1cc(-c2ccc(NC(=O)Nc3cc(C(F)(F)C(F)(F)C(F)(F)F)ccc3F)cc2)c2c(N)ncnc21. The molecule has 2 aromatic heterocycles. The molecule has 212 valence electrons. The molecule has 7 nitrogen and oxygen atoms in total. The number of hydrogen-bond acceptors (Lipinski definition) is 4. The van der Waals surface area contributed by atoms with E-state index >= 15 is 0 Å². The molecule has 0 fully saturated rings. The summed E-state index contributed by atoms with van der Waals surface area (Å²) in [6, 6.07) is 5.34. The Hall–Kier alpha value is -4.43. The van der Waals surface area contributed by atoms with Crippen molar-refractivity contribution in [3.63, 3.8) is 0 Å². The van der Waals surface area contributed by atoms with Crippen molar-refractivity contribution >= 4 is 34.3 Å². The number of benzene rings is 2. The molecular formula is C25H20F8N6O. The summed E-state index contributed by atoms with van der Waals surface area (Å²) in [5, 5.41) is 4.74. The summed E-state index contributed by atoms with van der Waals surface area (Å²) < 4.78 is 108. The van der Waals surface area contributed by atoms with Crippen LogP contribution in [0.5, 0.6) is 0 Å². The van der Waals surface area contributed by atoms with Gasteiger partial charge < -0.3 is 20.9 Å². The van der Waals surface area contributed by atoms with E-state index in [1.54, 1.807) is 12.1 Å². The average Bonchev–Trinajstić information content (AvgIpc) is 3.26. The first-order valence-electron chi connectivity index (χ1n) is 11.5. The third kappa shape index (κ3) is 4.98. The first-order valence-corrected chi connectivity index (χ1v) is 11.5. The molecule has 0 aliphatic rings. The highest BCUT2D eigenvalue weighted by Gasteiger charge is 2.73. The Morgan fingerprint density at radius 2 is 1.60 bits per heavy atom. The molecule has 0 aliphatic heterocycles. The van der Waals surface area contributed by atoms with Crippen molar-refractivity contribution in [3.05, 3.63) is 66.4 Å². The minimum absolute atomic E-state index is 0.00856. The van der Waals surface area contributed by atoms with Crippen molar-refractivity contribution in [3.8, 4) is 11.1 Å². The molecule has 0 atom stereocenters. The lowest BCUT2D eigenvalue weighted by atomic mass is 10.0. The van der Waals surface area contributed by atoms with Gasteiger partial charge >= 0.3 is 24.1 Å². The first kappa shape index (κ1) is 28.6. The minimum atomic E-state index is -6.58. The minimum Gasteiger partial charge on any atom is -0.383 e. The summed E-state index contributed by atoms with van der Waals surface area (Å²) in [7, 11) is 0. The van der Waals surface area contributed by atoms with Gasteiger partial charge in [-0.3, -0.25) is 0 Å². The first-order chi connectivity index (χ1) is 18.5. The molecule has 0 bridgehead atoms. The summed E-state index contributed by atoms with van der Waals surface area (Å²) in [6.45, 7) is 3.91. The number of rotatable bonds is 6. The number of nitrogens with one attached hydrogen (secondary N) is 2. The van der Waals surface area contributed by atoms with Crippen molar-refractivity contribution in [1.82, 2.24) is 14.5 Å². The molecule has 2 heterocycles. The molecule has 0 unspecified atom stereocenters. The van der Waals surface area contributed by atoms with Crippen molar-refractivity contribution in [2.45, 2.75) is 37.9 Å². The number of nitrogens with zero attached hydrogens (tertiary/aromatic N) is 3. The van der Waals surface area contributed by atoms with Crippen LogP contribution in [0.4, 0.5) is 57.1 Å². The molecule has 0 radical (unpaired) electrons. The Morgan fingerprint density at radius 1 is 0.950 bits per heavy atom. The largest absolute Gasteiger partial charge is 0.460 e. The Balaban J connectivity index is 1.55. The number of fused-ring (bicyclic) bond motifs is 1. The van der Waals surface area contributed by atoms with Crippen molar-refractivity contribution in [2.24, 2.45) is 0 Å². The van der Waals surface area contributed by atoms with Crippen LogP contribution in [0, 0.1) is 5.82 Å². The molecule has 40 heavy (non-hydrogen) atoms. The maximum absolute atomic E-state index is 14.1. The summed E-state index contributed by atoms with van der Waals surface area (Å²) in [6.07, 6.45) is -3.40. The van der Waals surface area contributed by atoms with Crippen molar-refractivity contribution < 1.29 is 39.9 Å². The van der Waals surface area contributed by atoms with E-state index in [0.29, 0.717) is 22.2 Å². The molecule has 0 spiro atoms. The zero-order chi connectivity index (χ0) is 29.6. The number of nitrogen functional groups attached to an aromatic ring is 1. The van der Waals surface area contributed by atoms with Crippen molar-refractivity contribution in [2.75, 3.05) is 16.4 Å². The third-order valence-corrected chi connectivity index (χ3v) is 5.98. The standard InChI is InChI=1S/C25H20F8N6O/c1-12(2)39-10-16(19-20(34)35-11-36-21(19)39)13-3-6-15(7-4-13)37-22(40)38-18-9-14(5-8-17(18)26)23(27,28)24(29,30)25(31,32)33/h3-12H,1-2H3,(H2,34,35,36)(H2,37,38,40). The molecule has 4 N–H and O–H groups in total. The zero-order valence-corrected chi connectivity index (χ0v) is 20.6. The smallest absolute Gasteiger partial charge is 0.383 e. The van der Waals surface area contributed by atoms with Gasteiger partial charge in [-0.25, -0.2) is 19.2 Å². The van der Waals surface area contributed by atoms with E-state index in [4.69, 9.17) is 5.73 Å². The number of carbonyl (C=O) groups excluding carboxylic acids is 1. The van der Waals surface area contributed by atoms with Gasteiger partial charge in [0.2, 0.25) is 0 Å². The molecule has 15 heteroatoms. The fraction of sp³-hybridized carbons (Fsp3) is 0.240. The number of anilines is 3. The lowest BCUT2D eigenvalue weighted by molar-refractivity contribution is -0.359. The maximum Gasteiger partial charge on any atom is 0.460 e. The Labute approximate surface area is 221 Å². The topological polar surface area (TPSA) is 97.9 Å². The van der Waals surface area contributed by atoms with Crippen LogP contribution in [0.2, 0.25) is 0 Å². The molecule has 2 amide bonds. The number of nitrogens with two attached hydrogens (primary N) is 1. The molecule has 2 aromatic carbocycles. The van der Waals surface area contributed by atoms with Crippen LogP contribution in [0.25, 0.3) is 22.2 Å². The predicted octanol–water partition coefficient (Wildman–Crippen LogP) is 7.33. The highest BCUT2D eigenvalue weighted by atomic mass is 19.4. The van der Waals surface area contributed by atoms with Crippen LogP contribution < -0.4 is 16.4 Å². The molecule has 0 aliphatic carbocycles. The molecule has 4 rings (SSSR count). The summed E-state index contributed by atoms with van der Waals surface area (Å²) >= 11 is 0.